The Labute approximate surface area is 192 Å². The molecule has 0 spiro atoms. The first-order chi connectivity index (χ1) is 15.4. The Morgan fingerprint density at radius 2 is 1.91 bits per heavy atom. The Kier molecular flexibility index (Phi) is 5.90. The molecule has 0 heterocycles. The maximum absolute atomic E-state index is 13.1. The number of aliphatic carboxylic acids is 1. The number of carbonyl (C=O) groups is 4. The molecule has 0 unspecified atom stereocenters. The summed E-state index contributed by atoms with van der Waals surface area (Å²) in [6.45, 7) is 3.30. The number of allylic oxidation sites excluding steroid dienone is 4. The second-order valence-electron chi connectivity index (χ2n) is 10.6. The van der Waals surface area contributed by atoms with E-state index < -0.39 is 46.9 Å². The molecule has 8 heteroatoms. The van der Waals surface area contributed by atoms with E-state index in [0.717, 1.165) is 18.4 Å². The van der Waals surface area contributed by atoms with Gasteiger partial charge < -0.3 is 20.1 Å². The molecular weight excluding hydrogens is 428 g/mol. The smallest absolute Gasteiger partial charge is 0.306 e. The number of Topliss-reactive ketones (excluding diaryl/α,β-unsaturated/α-hetero) is 1. The van der Waals surface area contributed by atoms with Crippen molar-refractivity contribution in [3.8, 4) is 0 Å². The molecule has 3 saturated carbocycles. The zero-order valence-electron chi connectivity index (χ0n) is 19.1. The molecule has 0 radical (unpaired) electrons. The fourth-order valence-corrected chi connectivity index (χ4v) is 7.34. The Balaban J connectivity index is 1.53. The summed E-state index contributed by atoms with van der Waals surface area (Å²) in [6, 6.07) is 0. The van der Waals surface area contributed by atoms with Crippen molar-refractivity contribution in [3.63, 3.8) is 0 Å². The zero-order chi connectivity index (χ0) is 24.2. The number of hydrogen-bond acceptors (Lipinski definition) is 7. The predicted octanol–water partition coefficient (Wildman–Crippen LogP) is 1.97. The van der Waals surface area contributed by atoms with Gasteiger partial charge in [-0.15, -0.1) is 0 Å². The van der Waals surface area contributed by atoms with E-state index in [0.29, 0.717) is 6.42 Å². The van der Waals surface area contributed by atoms with Gasteiger partial charge in [-0.25, -0.2) is 0 Å². The summed E-state index contributed by atoms with van der Waals surface area (Å²) in [6.07, 6.45) is 6.27. The molecule has 3 fully saturated rings. The van der Waals surface area contributed by atoms with Crippen molar-refractivity contribution in [2.24, 2.45) is 28.6 Å². The number of carboxylic acids is 1. The van der Waals surface area contributed by atoms with E-state index in [4.69, 9.17) is 9.84 Å². The number of hydrogen-bond donors (Lipinski definition) is 3. The number of ether oxygens (including phenoxy) is 1. The highest BCUT2D eigenvalue weighted by molar-refractivity contribution is 6.01. The van der Waals surface area contributed by atoms with Crippen LogP contribution >= 0.6 is 0 Å². The van der Waals surface area contributed by atoms with Gasteiger partial charge in [-0.3, -0.25) is 19.2 Å². The van der Waals surface area contributed by atoms with Crippen LogP contribution in [0, 0.1) is 28.6 Å². The number of aliphatic hydroxyl groups excluding tert-OH is 1. The molecule has 0 bridgehead atoms. The fourth-order valence-electron chi connectivity index (χ4n) is 7.34. The fraction of sp³-hybridized carbons (Fsp3) is 0.680. The second-order valence-corrected chi connectivity index (χ2v) is 10.6. The standard InChI is InChI=1S/C25H32O8/c1-23-9-7-15(26)11-14(23)3-4-16-17-8-10-25(32,24(17,2)12-18(27)22(16)23)19(28)13-33-21(31)6-5-20(29)30/h7,9,11,16-18,22,27,32H,3-6,8,10,12-13H2,1-2H3,(H,29,30)/t16-,17-,18-,22+,23-,24-,25-/m1/s1. The molecule has 4 rings (SSSR count). The van der Waals surface area contributed by atoms with Gasteiger partial charge >= 0.3 is 11.9 Å². The molecule has 8 nitrogen and oxygen atoms in total. The van der Waals surface area contributed by atoms with Gasteiger partial charge in [0.15, 0.2) is 12.4 Å². The van der Waals surface area contributed by atoms with E-state index in [9.17, 15) is 29.4 Å². The average Bonchev–Trinajstić information content (AvgIpc) is 3.02. The number of esters is 1. The number of rotatable bonds is 6. The third kappa shape index (κ3) is 3.67. The van der Waals surface area contributed by atoms with Crippen LogP contribution in [0.15, 0.2) is 23.8 Å². The minimum Gasteiger partial charge on any atom is -0.481 e. The van der Waals surface area contributed by atoms with Crippen molar-refractivity contribution in [2.75, 3.05) is 6.61 Å². The van der Waals surface area contributed by atoms with Crippen LogP contribution in [0.3, 0.4) is 0 Å². The topological polar surface area (TPSA) is 138 Å². The van der Waals surface area contributed by atoms with Crippen molar-refractivity contribution < 1.29 is 39.2 Å². The van der Waals surface area contributed by atoms with Crippen LogP contribution in [0.4, 0.5) is 0 Å². The SMILES string of the molecule is C[C@@]12C=CC(=O)C=C1CC[C@H]1[C@H]2[C@H](O)C[C@]2(C)[C@@H]1CC[C@@]2(O)C(=O)COC(=O)CCC(=O)O. The van der Waals surface area contributed by atoms with E-state index in [-0.39, 0.29) is 49.2 Å². The predicted molar refractivity (Wildman–Crippen MR) is 116 cm³/mol. The molecule has 3 N–H and O–H groups in total. The lowest BCUT2D eigenvalue weighted by molar-refractivity contribution is -0.181. The highest BCUT2D eigenvalue weighted by Gasteiger charge is 2.68. The van der Waals surface area contributed by atoms with Crippen molar-refractivity contribution in [1.82, 2.24) is 0 Å². The van der Waals surface area contributed by atoms with Crippen LogP contribution in [0.5, 0.6) is 0 Å². The zero-order valence-corrected chi connectivity index (χ0v) is 19.1. The summed E-state index contributed by atoms with van der Waals surface area (Å²) in [4.78, 5) is 47.4. The molecule has 7 atom stereocenters. The van der Waals surface area contributed by atoms with Gasteiger partial charge in [-0.1, -0.05) is 25.5 Å². The third-order valence-electron chi connectivity index (χ3n) is 9.02. The maximum atomic E-state index is 13.1. The van der Waals surface area contributed by atoms with Crippen molar-refractivity contribution in [2.45, 2.75) is 70.5 Å². The van der Waals surface area contributed by atoms with Gasteiger partial charge in [0.25, 0.3) is 0 Å². The maximum Gasteiger partial charge on any atom is 0.306 e. The van der Waals surface area contributed by atoms with Gasteiger partial charge in [0, 0.05) is 16.7 Å². The second kappa shape index (κ2) is 8.17. The monoisotopic (exact) mass is 460 g/mol. The van der Waals surface area contributed by atoms with Gasteiger partial charge in [0.1, 0.15) is 5.60 Å². The summed E-state index contributed by atoms with van der Waals surface area (Å²) in [7, 11) is 0. The summed E-state index contributed by atoms with van der Waals surface area (Å²) in [5.41, 5.74) is -1.99. The number of aliphatic hydroxyl groups is 2. The lowest BCUT2D eigenvalue weighted by Crippen LogP contribution is -2.61. The van der Waals surface area contributed by atoms with Crippen LogP contribution in [-0.2, 0) is 23.9 Å². The number of fused-ring (bicyclic) bond motifs is 5. The molecule has 4 aliphatic rings. The first-order valence-corrected chi connectivity index (χ1v) is 11.7. The van der Waals surface area contributed by atoms with Crippen LogP contribution in [-0.4, -0.2) is 57.1 Å². The summed E-state index contributed by atoms with van der Waals surface area (Å²) in [5.74, 6) is -2.58. The van der Waals surface area contributed by atoms with Crippen LogP contribution < -0.4 is 0 Å². The number of ketones is 2. The molecule has 0 saturated heterocycles. The highest BCUT2D eigenvalue weighted by atomic mass is 16.5. The van der Waals surface area contributed by atoms with Crippen LogP contribution in [0.1, 0.15) is 58.8 Å². The van der Waals surface area contributed by atoms with E-state index in [1.807, 2.05) is 13.0 Å². The van der Waals surface area contributed by atoms with Crippen molar-refractivity contribution in [1.29, 1.82) is 0 Å². The minimum absolute atomic E-state index is 0.00645. The molecule has 180 valence electrons. The van der Waals surface area contributed by atoms with Gasteiger partial charge in [-0.2, -0.15) is 0 Å². The highest BCUT2D eigenvalue weighted by Crippen LogP contribution is 2.67. The van der Waals surface area contributed by atoms with Gasteiger partial charge in [0.2, 0.25) is 5.78 Å². The van der Waals surface area contributed by atoms with Crippen molar-refractivity contribution >= 4 is 23.5 Å². The number of carbonyl (C=O) groups excluding carboxylic acids is 3. The van der Waals surface area contributed by atoms with Gasteiger partial charge in [-0.05, 0) is 56.1 Å². The molecule has 33 heavy (non-hydrogen) atoms. The average molecular weight is 461 g/mol. The molecule has 0 aromatic carbocycles. The third-order valence-corrected chi connectivity index (χ3v) is 9.02. The first-order valence-electron chi connectivity index (χ1n) is 11.7. The quantitative estimate of drug-likeness (QED) is 0.512. The Bertz CT molecular complexity index is 950. The first kappa shape index (κ1) is 23.8. The van der Waals surface area contributed by atoms with E-state index in [2.05, 4.69) is 6.92 Å². The van der Waals surface area contributed by atoms with Crippen molar-refractivity contribution in [3.05, 3.63) is 23.8 Å². The lowest BCUT2D eigenvalue weighted by Gasteiger charge is -2.59. The van der Waals surface area contributed by atoms with Crippen LogP contribution in [0.25, 0.3) is 0 Å². The largest absolute Gasteiger partial charge is 0.481 e. The van der Waals surface area contributed by atoms with E-state index >= 15 is 0 Å². The molecular formula is C25H32O8. The molecule has 4 aliphatic carbocycles. The normalized spacial score (nSPS) is 41.5. The molecule has 0 amide bonds. The Hall–Kier alpha value is -2.32. The summed E-state index contributed by atoms with van der Waals surface area (Å²) in [5, 5.41) is 31.6. The van der Waals surface area contributed by atoms with Gasteiger partial charge in [0.05, 0.1) is 18.9 Å². The molecule has 0 aliphatic heterocycles. The molecule has 0 aromatic heterocycles. The Morgan fingerprint density at radius 3 is 2.61 bits per heavy atom. The van der Waals surface area contributed by atoms with Crippen LogP contribution in [0.2, 0.25) is 0 Å². The van der Waals surface area contributed by atoms with E-state index in [1.165, 1.54) is 0 Å². The Morgan fingerprint density at radius 1 is 1.18 bits per heavy atom. The van der Waals surface area contributed by atoms with E-state index in [1.54, 1.807) is 12.2 Å². The molecule has 0 aromatic rings. The lowest BCUT2D eigenvalue weighted by atomic mass is 9.46. The number of carboxylic acid groups (broad SMARTS) is 1. The summed E-state index contributed by atoms with van der Waals surface area (Å²) < 4.78 is 4.96. The minimum atomic E-state index is -1.73. The summed E-state index contributed by atoms with van der Waals surface area (Å²) >= 11 is 0.